The maximum Gasteiger partial charge on any atom is 0.183 e. The smallest absolute Gasteiger partial charge is 0.183 e. The summed E-state index contributed by atoms with van der Waals surface area (Å²) in [6.45, 7) is 4.33. The second-order valence-electron chi connectivity index (χ2n) is 5.90. The molecule has 0 N–H and O–H groups in total. The first-order valence-corrected chi connectivity index (χ1v) is 8.87. The standard InChI is InChI=1S/C12H18O2.C10H12O/c1-4-5-10-6-8-11(9-7-10)12(13-2)14-3;1-2-3-9-4-6-10(8-11)7-5-9/h6-9,12H,4-5H2,1-3H3;4-8H,2-3H2,1H3. The van der Waals surface area contributed by atoms with E-state index < -0.39 is 0 Å². The van der Waals surface area contributed by atoms with Crippen molar-refractivity contribution in [2.45, 2.75) is 45.8 Å². The second-order valence-corrected chi connectivity index (χ2v) is 5.90. The molecule has 25 heavy (non-hydrogen) atoms. The van der Waals surface area contributed by atoms with Gasteiger partial charge in [-0.05, 0) is 24.0 Å². The Labute approximate surface area is 152 Å². The van der Waals surface area contributed by atoms with Crippen molar-refractivity contribution in [2.75, 3.05) is 14.2 Å². The number of benzene rings is 2. The van der Waals surface area contributed by atoms with Gasteiger partial charge in [0.2, 0.25) is 0 Å². The number of aryl methyl sites for hydroxylation is 2. The highest BCUT2D eigenvalue weighted by Crippen LogP contribution is 2.17. The van der Waals surface area contributed by atoms with Crippen LogP contribution >= 0.6 is 0 Å². The Hall–Kier alpha value is -1.97. The van der Waals surface area contributed by atoms with Crippen LogP contribution in [0.5, 0.6) is 0 Å². The molecule has 0 fully saturated rings. The molecular weight excluding hydrogens is 312 g/mol. The highest BCUT2D eigenvalue weighted by Gasteiger charge is 2.07. The van der Waals surface area contributed by atoms with Crippen LogP contribution in [0.4, 0.5) is 0 Å². The van der Waals surface area contributed by atoms with Crippen LogP contribution in [-0.2, 0) is 22.3 Å². The zero-order chi connectivity index (χ0) is 18.5. The van der Waals surface area contributed by atoms with E-state index in [1.165, 1.54) is 17.5 Å². The van der Waals surface area contributed by atoms with E-state index >= 15 is 0 Å². The molecule has 2 aromatic rings. The number of carbonyl (C=O) groups excluding carboxylic acids is 1. The van der Waals surface area contributed by atoms with E-state index in [1.807, 2.05) is 24.3 Å². The van der Waals surface area contributed by atoms with Crippen LogP contribution in [0.15, 0.2) is 48.5 Å². The Balaban J connectivity index is 0.000000257. The molecule has 0 aliphatic rings. The predicted octanol–water partition coefficient (Wildman–Crippen LogP) is 5.38. The third-order valence-electron chi connectivity index (χ3n) is 3.87. The molecule has 3 heteroatoms. The lowest BCUT2D eigenvalue weighted by atomic mass is 10.1. The first-order chi connectivity index (χ1) is 12.2. The van der Waals surface area contributed by atoms with Crippen LogP contribution in [0.2, 0.25) is 0 Å². The quantitative estimate of drug-likeness (QED) is 0.477. The Morgan fingerprint density at radius 2 is 1.24 bits per heavy atom. The van der Waals surface area contributed by atoms with Gasteiger partial charge in [0, 0.05) is 25.3 Å². The van der Waals surface area contributed by atoms with Crippen molar-refractivity contribution >= 4 is 6.29 Å². The van der Waals surface area contributed by atoms with E-state index in [-0.39, 0.29) is 6.29 Å². The van der Waals surface area contributed by atoms with Crippen LogP contribution < -0.4 is 0 Å². The number of hydrogen-bond donors (Lipinski definition) is 0. The number of methoxy groups -OCH3 is 2. The van der Waals surface area contributed by atoms with Crippen molar-refractivity contribution in [3.05, 3.63) is 70.8 Å². The molecule has 0 amide bonds. The molecule has 0 unspecified atom stereocenters. The van der Waals surface area contributed by atoms with Gasteiger partial charge in [-0.15, -0.1) is 0 Å². The van der Waals surface area contributed by atoms with E-state index in [2.05, 4.69) is 38.1 Å². The summed E-state index contributed by atoms with van der Waals surface area (Å²) in [6.07, 6.45) is 5.18. The third-order valence-corrected chi connectivity index (χ3v) is 3.87. The molecule has 0 aliphatic carbocycles. The molecule has 0 heterocycles. The van der Waals surface area contributed by atoms with E-state index in [4.69, 9.17) is 9.47 Å². The van der Waals surface area contributed by atoms with Gasteiger partial charge in [-0.25, -0.2) is 0 Å². The lowest BCUT2D eigenvalue weighted by molar-refractivity contribution is -0.106. The van der Waals surface area contributed by atoms with Crippen molar-refractivity contribution in [1.82, 2.24) is 0 Å². The van der Waals surface area contributed by atoms with E-state index in [1.54, 1.807) is 14.2 Å². The minimum atomic E-state index is -0.245. The van der Waals surface area contributed by atoms with Crippen LogP contribution in [0, 0.1) is 0 Å². The zero-order valence-corrected chi connectivity index (χ0v) is 15.8. The molecule has 0 saturated carbocycles. The maximum atomic E-state index is 10.3. The summed E-state index contributed by atoms with van der Waals surface area (Å²) in [5, 5.41) is 0. The fourth-order valence-corrected chi connectivity index (χ4v) is 2.55. The summed E-state index contributed by atoms with van der Waals surface area (Å²) in [5.74, 6) is 0. The molecule has 0 bridgehead atoms. The Morgan fingerprint density at radius 3 is 1.60 bits per heavy atom. The Morgan fingerprint density at radius 1 is 0.800 bits per heavy atom. The SMILES string of the molecule is CCCc1ccc(C(OC)OC)cc1.CCCc1ccc(C=O)cc1. The van der Waals surface area contributed by atoms with Crippen molar-refractivity contribution in [3.63, 3.8) is 0 Å². The number of carbonyl (C=O) groups is 1. The molecular formula is C22H30O3. The number of aldehydes is 1. The van der Waals surface area contributed by atoms with E-state index in [0.717, 1.165) is 36.7 Å². The Kier molecular flexibility index (Phi) is 10.5. The van der Waals surface area contributed by atoms with Gasteiger partial charge < -0.3 is 9.47 Å². The molecule has 0 atom stereocenters. The fourth-order valence-electron chi connectivity index (χ4n) is 2.55. The van der Waals surface area contributed by atoms with Crippen molar-refractivity contribution < 1.29 is 14.3 Å². The zero-order valence-electron chi connectivity index (χ0n) is 15.8. The van der Waals surface area contributed by atoms with Crippen LogP contribution in [0.25, 0.3) is 0 Å². The van der Waals surface area contributed by atoms with Crippen molar-refractivity contribution in [3.8, 4) is 0 Å². The van der Waals surface area contributed by atoms with Gasteiger partial charge in [0.1, 0.15) is 6.29 Å². The van der Waals surface area contributed by atoms with Crippen LogP contribution in [0.3, 0.4) is 0 Å². The summed E-state index contributed by atoms with van der Waals surface area (Å²) in [7, 11) is 3.29. The molecule has 2 rings (SSSR count). The van der Waals surface area contributed by atoms with Crippen LogP contribution in [0.1, 0.15) is 60.0 Å². The largest absolute Gasteiger partial charge is 0.352 e. The Bertz CT molecular complexity index is 584. The van der Waals surface area contributed by atoms with Crippen molar-refractivity contribution in [1.29, 1.82) is 0 Å². The monoisotopic (exact) mass is 342 g/mol. The number of hydrogen-bond acceptors (Lipinski definition) is 3. The van der Waals surface area contributed by atoms with Crippen LogP contribution in [-0.4, -0.2) is 20.5 Å². The fraction of sp³-hybridized carbons (Fsp3) is 0.409. The van der Waals surface area contributed by atoms with Crippen molar-refractivity contribution in [2.24, 2.45) is 0 Å². The number of rotatable bonds is 8. The topological polar surface area (TPSA) is 35.5 Å². The lowest BCUT2D eigenvalue weighted by Gasteiger charge is -2.13. The van der Waals surface area contributed by atoms with Gasteiger partial charge in [-0.1, -0.05) is 75.2 Å². The van der Waals surface area contributed by atoms with Gasteiger partial charge in [-0.2, -0.15) is 0 Å². The summed E-state index contributed by atoms with van der Waals surface area (Å²) < 4.78 is 10.3. The third kappa shape index (κ3) is 7.63. The summed E-state index contributed by atoms with van der Waals surface area (Å²) in [6, 6.07) is 16.1. The lowest BCUT2D eigenvalue weighted by Crippen LogP contribution is -2.03. The minimum absolute atomic E-state index is 0.245. The van der Waals surface area contributed by atoms with Gasteiger partial charge in [0.15, 0.2) is 6.29 Å². The average molecular weight is 342 g/mol. The molecule has 0 saturated heterocycles. The highest BCUT2D eigenvalue weighted by atomic mass is 16.7. The van der Waals surface area contributed by atoms with E-state index in [9.17, 15) is 4.79 Å². The number of ether oxygens (including phenoxy) is 2. The highest BCUT2D eigenvalue weighted by molar-refractivity contribution is 5.74. The second kappa shape index (κ2) is 12.4. The summed E-state index contributed by atoms with van der Waals surface area (Å²) in [5.41, 5.74) is 4.49. The van der Waals surface area contributed by atoms with Gasteiger partial charge >= 0.3 is 0 Å². The molecule has 2 aromatic carbocycles. The average Bonchev–Trinajstić information content (AvgIpc) is 2.66. The molecule has 0 aromatic heterocycles. The summed E-state index contributed by atoms with van der Waals surface area (Å²) in [4.78, 5) is 10.3. The normalized spacial score (nSPS) is 10.3. The molecule has 0 aliphatic heterocycles. The first-order valence-electron chi connectivity index (χ1n) is 8.87. The van der Waals surface area contributed by atoms with Gasteiger partial charge in [0.25, 0.3) is 0 Å². The molecule has 0 spiro atoms. The molecule has 0 radical (unpaired) electrons. The molecule has 3 nitrogen and oxygen atoms in total. The summed E-state index contributed by atoms with van der Waals surface area (Å²) >= 11 is 0. The minimum Gasteiger partial charge on any atom is -0.352 e. The molecule has 136 valence electrons. The maximum absolute atomic E-state index is 10.3. The van der Waals surface area contributed by atoms with Gasteiger partial charge in [0.05, 0.1) is 0 Å². The van der Waals surface area contributed by atoms with Gasteiger partial charge in [-0.3, -0.25) is 4.79 Å². The first kappa shape index (κ1) is 21.1. The predicted molar refractivity (Wildman–Crippen MR) is 103 cm³/mol. The van der Waals surface area contributed by atoms with E-state index in [0.29, 0.717) is 0 Å².